The van der Waals surface area contributed by atoms with Crippen molar-refractivity contribution >= 4 is 27.5 Å². The van der Waals surface area contributed by atoms with Crippen LogP contribution in [0, 0.1) is 0 Å². The molecule has 1 heterocycles. The highest BCUT2D eigenvalue weighted by molar-refractivity contribution is 8.00. The van der Waals surface area contributed by atoms with Crippen LogP contribution < -0.4 is 10.5 Å². The molecule has 0 aliphatic rings. The number of hydrogen-bond acceptors (Lipinski definition) is 6. The zero-order chi connectivity index (χ0) is 13.9. The van der Waals surface area contributed by atoms with Gasteiger partial charge in [-0.25, -0.2) is 23.1 Å². The number of aromatic nitrogens is 2. The van der Waals surface area contributed by atoms with Gasteiger partial charge in [0.05, 0.1) is 4.90 Å². The second-order valence-corrected chi connectivity index (χ2v) is 6.48. The second kappa shape index (κ2) is 5.55. The van der Waals surface area contributed by atoms with Crippen LogP contribution in [0.1, 0.15) is 0 Å². The van der Waals surface area contributed by atoms with Crippen LogP contribution in [0.2, 0.25) is 0 Å². The van der Waals surface area contributed by atoms with Crippen LogP contribution in [-0.2, 0) is 10.0 Å². The van der Waals surface area contributed by atoms with Crippen LogP contribution in [0.4, 0.5) is 5.69 Å². The molecule has 1 aromatic carbocycles. The normalized spacial score (nSPS) is 11.4. The monoisotopic (exact) mass is 296 g/mol. The Hall–Kier alpha value is -1.64. The lowest BCUT2D eigenvalue weighted by Crippen LogP contribution is -2.19. The lowest BCUT2D eigenvalue weighted by Gasteiger charge is -2.09. The summed E-state index contributed by atoms with van der Waals surface area (Å²) in [5, 5.41) is 0.660. The predicted octanol–water partition coefficient (Wildman–Crippen LogP) is 1.12. The van der Waals surface area contributed by atoms with Gasteiger partial charge in [-0.3, -0.25) is 0 Å². The van der Waals surface area contributed by atoms with Gasteiger partial charge in [0.15, 0.2) is 0 Å². The summed E-state index contributed by atoms with van der Waals surface area (Å²) in [7, 11) is -2.21. The molecule has 0 fully saturated rings. The SMILES string of the molecule is CNS(=O)(=O)c1cc(N)ccc1Sc1ccncn1. The molecule has 0 atom stereocenters. The molecule has 0 radical (unpaired) electrons. The highest BCUT2D eigenvalue weighted by Crippen LogP contribution is 2.32. The predicted molar refractivity (Wildman–Crippen MR) is 73.3 cm³/mol. The van der Waals surface area contributed by atoms with E-state index in [1.165, 1.54) is 31.2 Å². The minimum Gasteiger partial charge on any atom is -0.399 e. The van der Waals surface area contributed by atoms with E-state index in [0.29, 0.717) is 15.6 Å². The van der Waals surface area contributed by atoms with Crippen molar-refractivity contribution < 1.29 is 8.42 Å². The van der Waals surface area contributed by atoms with Gasteiger partial charge in [0.1, 0.15) is 11.4 Å². The van der Waals surface area contributed by atoms with Gasteiger partial charge in [-0.15, -0.1) is 0 Å². The zero-order valence-corrected chi connectivity index (χ0v) is 11.7. The Morgan fingerprint density at radius 1 is 1.32 bits per heavy atom. The van der Waals surface area contributed by atoms with Gasteiger partial charge in [0.25, 0.3) is 0 Å². The molecule has 0 amide bonds. The molecule has 2 aromatic rings. The highest BCUT2D eigenvalue weighted by Gasteiger charge is 2.18. The molecular formula is C11H12N4O2S2. The maximum absolute atomic E-state index is 12.0. The van der Waals surface area contributed by atoms with Gasteiger partial charge in [-0.2, -0.15) is 0 Å². The van der Waals surface area contributed by atoms with Gasteiger partial charge >= 0.3 is 0 Å². The van der Waals surface area contributed by atoms with Gasteiger partial charge in [0.2, 0.25) is 10.0 Å². The number of rotatable bonds is 4. The molecule has 0 unspecified atom stereocenters. The first-order valence-electron chi connectivity index (χ1n) is 5.30. The first kappa shape index (κ1) is 13.8. The molecule has 0 bridgehead atoms. The average molecular weight is 296 g/mol. The summed E-state index contributed by atoms with van der Waals surface area (Å²) in [6, 6.07) is 6.44. The van der Waals surface area contributed by atoms with Crippen molar-refractivity contribution in [1.29, 1.82) is 0 Å². The Bertz CT molecular complexity index is 674. The number of nitrogens with two attached hydrogens (primary N) is 1. The fourth-order valence-electron chi connectivity index (χ4n) is 1.38. The number of benzene rings is 1. The van der Waals surface area contributed by atoms with Crippen LogP contribution >= 0.6 is 11.8 Å². The van der Waals surface area contributed by atoms with E-state index in [1.807, 2.05) is 0 Å². The standard InChI is InChI=1S/C11H12N4O2S2/c1-13-19(16,17)10-6-8(12)2-3-9(10)18-11-4-5-14-7-15-11/h2-7,13H,12H2,1H3. The molecule has 0 saturated carbocycles. The number of anilines is 1. The number of hydrogen-bond donors (Lipinski definition) is 2. The van der Waals surface area contributed by atoms with E-state index in [1.54, 1.807) is 24.4 Å². The highest BCUT2D eigenvalue weighted by atomic mass is 32.2. The maximum atomic E-state index is 12.0. The Morgan fingerprint density at radius 3 is 2.74 bits per heavy atom. The summed E-state index contributed by atoms with van der Waals surface area (Å²) in [5.74, 6) is 0. The van der Waals surface area contributed by atoms with Crippen molar-refractivity contribution in [3.8, 4) is 0 Å². The number of nitrogens with one attached hydrogen (secondary N) is 1. The summed E-state index contributed by atoms with van der Waals surface area (Å²) >= 11 is 1.24. The molecule has 100 valence electrons. The maximum Gasteiger partial charge on any atom is 0.241 e. The summed E-state index contributed by atoms with van der Waals surface area (Å²) in [6.07, 6.45) is 3.00. The Balaban J connectivity index is 2.47. The fourth-order valence-corrected chi connectivity index (χ4v) is 3.43. The molecule has 1 aromatic heterocycles. The zero-order valence-electron chi connectivity index (χ0n) is 10.1. The molecule has 3 N–H and O–H groups in total. The van der Waals surface area contributed by atoms with Crippen molar-refractivity contribution in [1.82, 2.24) is 14.7 Å². The van der Waals surface area contributed by atoms with E-state index in [2.05, 4.69) is 14.7 Å². The minimum atomic E-state index is -3.57. The Labute approximate surface area is 115 Å². The van der Waals surface area contributed by atoms with Crippen molar-refractivity contribution in [2.45, 2.75) is 14.8 Å². The molecule has 19 heavy (non-hydrogen) atoms. The summed E-state index contributed by atoms with van der Waals surface area (Å²) < 4.78 is 26.2. The lowest BCUT2D eigenvalue weighted by molar-refractivity contribution is 0.586. The van der Waals surface area contributed by atoms with E-state index in [4.69, 9.17) is 5.73 Å². The van der Waals surface area contributed by atoms with Crippen molar-refractivity contribution in [2.24, 2.45) is 0 Å². The van der Waals surface area contributed by atoms with E-state index >= 15 is 0 Å². The van der Waals surface area contributed by atoms with Gasteiger partial charge in [-0.05, 0) is 31.3 Å². The molecule has 0 aliphatic carbocycles. The van der Waals surface area contributed by atoms with Crippen LogP contribution in [0.15, 0.2) is 51.6 Å². The van der Waals surface area contributed by atoms with Crippen LogP contribution in [0.25, 0.3) is 0 Å². The van der Waals surface area contributed by atoms with Gasteiger partial charge in [0, 0.05) is 16.8 Å². The molecule has 6 nitrogen and oxygen atoms in total. The quantitative estimate of drug-likeness (QED) is 0.648. The van der Waals surface area contributed by atoms with E-state index in [-0.39, 0.29) is 4.90 Å². The summed E-state index contributed by atoms with van der Waals surface area (Å²) in [6.45, 7) is 0. The Morgan fingerprint density at radius 2 is 2.11 bits per heavy atom. The van der Waals surface area contributed by atoms with E-state index < -0.39 is 10.0 Å². The van der Waals surface area contributed by atoms with E-state index in [0.717, 1.165) is 0 Å². The fraction of sp³-hybridized carbons (Fsp3) is 0.0909. The second-order valence-electron chi connectivity index (χ2n) is 3.56. The molecule has 0 saturated heterocycles. The lowest BCUT2D eigenvalue weighted by atomic mass is 10.3. The molecule has 0 aliphatic heterocycles. The smallest absolute Gasteiger partial charge is 0.241 e. The molecule has 0 spiro atoms. The van der Waals surface area contributed by atoms with Crippen molar-refractivity contribution in [3.63, 3.8) is 0 Å². The summed E-state index contributed by atoms with van der Waals surface area (Å²) in [5.41, 5.74) is 6.03. The minimum absolute atomic E-state index is 0.138. The molecular weight excluding hydrogens is 284 g/mol. The third kappa shape index (κ3) is 3.22. The average Bonchev–Trinajstić information content (AvgIpc) is 2.42. The first-order valence-corrected chi connectivity index (χ1v) is 7.60. The van der Waals surface area contributed by atoms with Crippen LogP contribution in [0.3, 0.4) is 0 Å². The van der Waals surface area contributed by atoms with Crippen molar-refractivity contribution in [2.75, 3.05) is 12.8 Å². The van der Waals surface area contributed by atoms with Crippen molar-refractivity contribution in [3.05, 3.63) is 36.8 Å². The Kier molecular flexibility index (Phi) is 4.03. The van der Waals surface area contributed by atoms with Gasteiger partial charge in [-0.1, -0.05) is 11.8 Å². The molecule has 2 rings (SSSR count). The third-order valence-electron chi connectivity index (χ3n) is 2.30. The van der Waals surface area contributed by atoms with Crippen LogP contribution in [-0.4, -0.2) is 25.4 Å². The molecule has 8 heteroatoms. The largest absolute Gasteiger partial charge is 0.399 e. The van der Waals surface area contributed by atoms with Crippen LogP contribution in [0.5, 0.6) is 0 Å². The topological polar surface area (TPSA) is 98.0 Å². The number of nitrogen functional groups attached to an aromatic ring is 1. The summed E-state index contributed by atoms with van der Waals surface area (Å²) in [4.78, 5) is 8.56. The number of nitrogens with zero attached hydrogens (tertiary/aromatic N) is 2. The van der Waals surface area contributed by atoms with Gasteiger partial charge < -0.3 is 5.73 Å². The van der Waals surface area contributed by atoms with E-state index in [9.17, 15) is 8.42 Å². The first-order chi connectivity index (χ1) is 9.03. The number of sulfonamides is 1. The third-order valence-corrected chi connectivity index (χ3v) is 4.91.